The molecule has 0 bridgehead atoms. The quantitative estimate of drug-likeness (QED) is 0.767. The fraction of sp³-hybridized carbons (Fsp3) is 0.435. The number of carbonyl (C=O) groups excluding carboxylic acids is 1. The molecule has 156 valence electrons. The highest BCUT2D eigenvalue weighted by molar-refractivity contribution is 7.89. The maximum atomic E-state index is 13.0. The number of rotatable bonds is 6. The lowest BCUT2D eigenvalue weighted by Crippen LogP contribution is -2.41. The second-order valence-corrected chi connectivity index (χ2v) is 9.79. The molecule has 0 saturated carbocycles. The van der Waals surface area contributed by atoms with Crippen molar-refractivity contribution in [2.45, 2.75) is 51.3 Å². The van der Waals surface area contributed by atoms with Crippen LogP contribution in [0.4, 0.5) is 5.69 Å². The van der Waals surface area contributed by atoms with Crippen LogP contribution in [0.5, 0.6) is 0 Å². The van der Waals surface area contributed by atoms with E-state index in [1.54, 1.807) is 6.07 Å². The molecular formula is C23H30N2O3S. The van der Waals surface area contributed by atoms with E-state index in [0.29, 0.717) is 30.8 Å². The van der Waals surface area contributed by atoms with Crippen molar-refractivity contribution in [1.29, 1.82) is 0 Å². The summed E-state index contributed by atoms with van der Waals surface area (Å²) in [6.45, 7) is 6.64. The molecule has 0 unspecified atom stereocenters. The molecule has 1 heterocycles. The first-order valence-electron chi connectivity index (χ1n) is 10.3. The Morgan fingerprint density at radius 1 is 1.07 bits per heavy atom. The minimum atomic E-state index is -3.53. The lowest BCUT2D eigenvalue weighted by molar-refractivity contribution is -0.120. The second kappa shape index (κ2) is 9.09. The molecule has 1 N–H and O–H groups in total. The molecule has 1 aliphatic heterocycles. The number of benzene rings is 2. The number of piperidine rings is 1. The van der Waals surface area contributed by atoms with Crippen LogP contribution in [0.3, 0.4) is 0 Å². The highest BCUT2D eigenvalue weighted by atomic mass is 32.2. The summed E-state index contributed by atoms with van der Waals surface area (Å²) in [5.41, 5.74) is 3.85. The molecule has 29 heavy (non-hydrogen) atoms. The molecule has 0 aliphatic carbocycles. The average molecular weight is 415 g/mol. The van der Waals surface area contributed by atoms with Gasteiger partial charge in [-0.15, -0.1) is 0 Å². The molecule has 2 aromatic rings. The van der Waals surface area contributed by atoms with Crippen LogP contribution in [-0.4, -0.2) is 31.7 Å². The number of sulfonamides is 1. The first-order chi connectivity index (χ1) is 13.8. The Bertz CT molecular complexity index is 960. The molecule has 3 rings (SSSR count). The molecule has 5 nitrogen and oxygen atoms in total. The Hall–Kier alpha value is -2.18. The topological polar surface area (TPSA) is 66.5 Å². The third-order valence-electron chi connectivity index (χ3n) is 5.53. The van der Waals surface area contributed by atoms with Crippen molar-refractivity contribution < 1.29 is 13.2 Å². The molecule has 0 atom stereocenters. The van der Waals surface area contributed by atoms with Gasteiger partial charge in [0.15, 0.2) is 0 Å². The molecule has 1 aliphatic rings. The molecule has 1 fully saturated rings. The van der Waals surface area contributed by atoms with Crippen LogP contribution in [0.2, 0.25) is 0 Å². The van der Waals surface area contributed by atoms with Gasteiger partial charge in [-0.1, -0.05) is 43.2 Å². The van der Waals surface area contributed by atoms with Crippen molar-refractivity contribution in [3.63, 3.8) is 0 Å². The van der Waals surface area contributed by atoms with Crippen molar-refractivity contribution in [2.75, 3.05) is 18.4 Å². The van der Waals surface area contributed by atoms with Gasteiger partial charge in [0.05, 0.1) is 4.90 Å². The van der Waals surface area contributed by atoms with Crippen LogP contribution in [0, 0.1) is 19.8 Å². The predicted octanol–water partition coefficient (Wildman–Crippen LogP) is 4.30. The highest BCUT2D eigenvalue weighted by Crippen LogP contribution is 2.27. The summed E-state index contributed by atoms with van der Waals surface area (Å²) in [5.74, 6) is -0.201. The first kappa shape index (κ1) is 21.5. The number of nitrogens with zero attached hydrogens (tertiary/aromatic N) is 1. The number of anilines is 1. The van der Waals surface area contributed by atoms with Gasteiger partial charge >= 0.3 is 0 Å². The van der Waals surface area contributed by atoms with Gasteiger partial charge in [0, 0.05) is 24.7 Å². The van der Waals surface area contributed by atoms with Crippen LogP contribution in [0.15, 0.2) is 47.4 Å². The van der Waals surface area contributed by atoms with E-state index in [-0.39, 0.29) is 11.8 Å². The van der Waals surface area contributed by atoms with Crippen molar-refractivity contribution in [1.82, 2.24) is 4.31 Å². The van der Waals surface area contributed by atoms with Crippen LogP contribution in [0.25, 0.3) is 0 Å². The average Bonchev–Trinajstić information content (AvgIpc) is 2.69. The number of amides is 1. The summed E-state index contributed by atoms with van der Waals surface area (Å²) >= 11 is 0. The zero-order valence-corrected chi connectivity index (χ0v) is 18.3. The molecule has 1 amide bonds. The zero-order chi connectivity index (χ0) is 21.0. The maximum Gasteiger partial charge on any atom is 0.243 e. The van der Waals surface area contributed by atoms with E-state index in [1.807, 2.05) is 50.2 Å². The summed E-state index contributed by atoms with van der Waals surface area (Å²) in [5, 5.41) is 2.97. The second-order valence-electron chi connectivity index (χ2n) is 7.88. The monoisotopic (exact) mass is 414 g/mol. The van der Waals surface area contributed by atoms with Crippen LogP contribution in [0.1, 0.15) is 42.9 Å². The van der Waals surface area contributed by atoms with Gasteiger partial charge in [-0.25, -0.2) is 8.42 Å². The largest absolute Gasteiger partial charge is 0.326 e. The number of nitrogens with one attached hydrogen (secondary N) is 1. The Morgan fingerprint density at radius 3 is 2.31 bits per heavy atom. The van der Waals surface area contributed by atoms with Gasteiger partial charge in [0.1, 0.15) is 0 Å². The molecule has 2 aromatic carbocycles. The zero-order valence-electron chi connectivity index (χ0n) is 17.4. The van der Waals surface area contributed by atoms with Gasteiger partial charge in [0.25, 0.3) is 0 Å². The van der Waals surface area contributed by atoms with E-state index < -0.39 is 10.0 Å². The molecular weight excluding hydrogens is 384 g/mol. The third-order valence-corrected chi connectivity index (χ3v) is 7.59. The van der Waals surface area contributed by atoms with E-state index >= 15 is 0 Å². The van der Waals surface area contributed by atoms with Crippen molar-refractivity contribution >= 4 is 21.6 Å². The van der Waals surface area contributed by atoms with Gasteiger partial charge < -0.3 is 5.32 Å². The van der Waals surface area contributed by atoms with Crippen molar-refractivity contribution in [3.8, 4) is 0 Å². The van der Waals surface area contributed by atoms with E-state index in [0.717, 1.165) is 29.7 Å². The van der Waals surface area contributed by atoms with Gasteiger partial charge in [0.2, 0.25) is 15.9 Å². The summed E-state index contributed by atoms with van der Waals surface area (Å²) in [4.78, 5) is 13.0. The smallest absolute Gasteiger partial charge is 0.243 e. The van der Waals surface area contributed by atoms with Gasteiger partial charge in [-0.2, -0.15) is 4.31 Å². The summed E-state index contributed by atoms with van der Waals surface area (Å²) in [6.07, 6.45) is 3.19. The minimum absolute atomic E-state index is 0.0307. The Morgan fingerprint density at radius 2 is 1.72 bits per heavy atom. The summed E-state index contributed by atoms with van der Waals surface area (Å²) < 4.78 is 27.5. The SMILES string of the molecule is CCCc1ccc(NC(=O)C2CCN(S(=O)(=O)c3ccc(C)cc3C)CC2)cc1. The van der Waals surface area contributed by atoms with Crippen molar-refractivity contribution in [3.05, 3.63) is 59.2 Å². The number of hydrogen-bond acceptors (Lipinski definition) is 3. The van der Waals surface area contributed by atoms with Crippen LogP contribution < -0.4 is 5.32 Å². The number of carbonyl (C=O) groups is 1. The van der Waals surface area contributed by atoms with Gasteiger partial charge in [-0.05, 0) is 62.4 Å². The molecule has 6 heteroatoms. The third kappa shape index (κ3) is 5.06. The molecule has 1 saturated heterocycles. The van der Waals surface area contributed by atoms with Crippen LogP contribution in [-0.2, 0) is 21.2 Å². The summed E-state index contributed by atoms with van der Waals surface area (Å²) in [7, 11) is -3.53. The Labute approximate surface area is 174 Å². The van der Waals surface area contributed by atoms with E-state index in [1.165, 1.54) is 9.87 Å². The Balaban J connectivity index is 1.60. The van der Waals surface area contributed by atoms with E-state index in [4.69, 9.17) is 0 Å². The lowest BCUT2D eigenvalue weighted by Gasteiger charge is -2.31. The Kier molecular flexibility index (Phi) is 6.75. The fourth-order valence-electron chi connectivity index (χ4n) is 3.87. The van der Waals surface area contributed by atoms with Gasteiger partial charge in [-0.3, -0.25) is 4.79 Å². The van der Waals surface area contributed by atoms with E-state index in [2.05, 4.69) is 12.2 Å². The van der Waals surface area contributed by atoms with Crippen molar-refractivity contribution in [2.24, 2.45) is 5.92 Å². The minimum Gasteiger partial charge on any atom is -0.326 e. The number of aryl methyl sites for hydroxylation is 3. The maximum absolute atomic E-state index is 13.0. The summed E-state index contributed by atoms with van der Waals surface area (Å²) in [6, 6.07) is 13.3. The molecule has 0 spiro atoms. The molecule has 0 radical (unpaired) electrons. The van der Waals surface area contributed by atoms with E-state index in [9.17, 15) is 13.2 Å². The predicted molar refractivity (Wildman–Crippen MR) is 116 cm³/mol. The fourth-order valence-corrected chi connectivity index (χ4v) is 5.55. The normalized spacial score (nSPS) is 16.0. The highest BCUT2D eigenvalue weighted by Gasteiger charge is 2.32. The number of hydrogen-bond donors (Lipinski definition) is 1. The molecule has 0 aromatic heterocycles. The standard InChI is InChI=1S/C23H30N2O3S/c1-4-5-19-7-9-21(10-8-19)24-23(26)20-12-14-25(15-13-20)29(27,28)22-11-6-17(2)16-18(22)3/h6-11,16,20H,4-5,12-15H2,1-3H3,(H,24,26). The lowest BCUT2D eigenvalue weighted by atomic mass is 9.97. The van der Waals surface area contributed by atoms with Crippen LogP contribution >= 0.6 is 0 Å². The first-order valence-corrected chi connectivity index (χ1v) is 11.7.